The fourth-order valence-corrected chi connectivity index (χ4v) is 1.49. The molecule has 5 nitrogen and oxygen atoms in total. The van der Waals surface area contributed by atoms with Gasteiger partial charge in [-0.3, -0.25) is 9.59 Å². The maximum atomic E-state index is 11.3. The van der Waals surface area contributed by atoms with Crippen LogP contribution in [-0.2, 0) is 16.1 Å². The number of nitrogens with one attached hydrogen (secondary N) is 1. The third-order valence-electron chi connectivity index (χ3n) is 2.40. The maximum Gasteiger partial charge on any atom is 0.303 e. The topological polar surface area (TPSA) is 71.3 Å². The summed E-state index contributed by atoms with van der Waals surface area (Å²) < 4.78 is 1.99. The van der Waals surface area contributed by atoms with E-state index in [-0.39, 0.29) is 12.3 Å². The van der Waals surface area contributed by atoms with Crippen molar-refractivity contribution in [1.29, 1.82) is 0 Å². The van der Waals surface area contributed by atoms with Crippen molar-refractivity contribution in [2.24, 2.45) is 0 Å². The van der Waals surface area contributed by atoms with Gasteiger partial charge >= 0.3 is 5.97 Å². The van der Waals surface area contributed by atoms with E-state index >= 15 is 0 Å². The van der Waals surface area contributed by atoms with Gasteiger partial charge in [-0.15, -0.1) is 0 Å². The number of nitrogens with zero attached hydrogens (tertiary/aromatic N) is 1. The highest BCUT2D eigenvalue weighted by atomic mass is 16.4. The second-order valence-electron chi connectivity index (χ2n) is 3.87. The Hall–Kier alpha value is -1.78. The molecular formula is C12H18N2O3. The third kappa shape index (κ3) is 6.40. The van der Waals surface area contributed by atoms with Crippen molar-refractivity contribution in [3.05, 3.63) is 24.5 Å². The molecule has 1 heterocycles. The molecule has 0 aliphatic rings. The fraction of sp³-hybridized carbons (Fsp3) is 0.500. The first kappa shape index (κ1) is 13.3. The van der Waals surface area contributed by atoms with Gasteiger partial charge in [-0.05, 0) is 25.0 Å². The van der Waals surface area contributed by atoms with Crippen LogP contribution >= 0.6 is 0 Å². The van der Waals surface area contributed by atoms with Crippen LogP contribution in [-0.4, -0.2) is 28.1 Å². The van der Waals surface area contributed by atoms with Crippen LogP contribution in [0.2, 0.25) is 0 Å². The lowest BCUT2D eigenvalue weighted by atomic mass is 10.2. The molecule has 0 aliphatic carbocycles. The number of carboxylic acid groups (broad SMARTS) is 1. The number of hydrogen-bond acceptors (Lipinski definition) is 2. The van der Waals surface area contributed by atoms with Gasteiger partial charge in [0, 0.05) is 38.3 Å². The van der Waals surface area contributed by atoms with Crippen LogP contribution in [0.15, 0.2) is 24.5 Å². The van der Waals surface area contributed by atoms with E-state index < -0.39 is 5.97 Å². The number of unbranched alkanes of at least 4 members (excludes halogenated alkanes) is 1. The van der Waals surface area contributed by atoms with Crippen molar-refractivity contribution in [3.8, 4) is 0 Å². The summed E-state index contributed by atoms with van der Waals surface area (Å²) in [4.78, 5) is 21.6. The van der Waals surface area contributed by atoms with Crippen LogP contribution in [0.5, 0.6) is 0 Å². The molecule has 17 heavy (non-hydrogen) atoms. The summed E-state index contributed by atoms with van der Waals surface area (Å²) in [6.45, 7) is 1.36. The summed E-state index contributed by atoms with van der Waals surface area (Å²) in [6, 6.07) is 3.88. The minimum atomic E-state index is -0.807. The standard InChI is InChI=1S/C12H18N2O3/c15-11(5-1-2-6-12(16)17)13-7-10-14-8-3-4-9-14/h3-4,8-9H,1-2,5-7,10H2,(H,13,15)(H,16,17). The van der Waals surface area contributed by atoms with Gasteiger partial charge in [0.25, 0.3) is 0 Å². The number of rotatable bonds is 8. The third-order valence-corrected chi connectivity index (χ3v) is 2.40. The highest BCUT2D eigenvalue weighted by molar-refractivity contribution is 5.75. The molecule has 0 saturated carbocycles. The zero-order chi connectivity index (χ0) is 12.5. The van der Waals surface area contributed by atoms with Crippen LogP contribution in [0, 0.1) is 0 Å². The van der Waals surface area contributed by atoms with E-state index in [0.29, 0.717) is 25.8 Å². The zero-order valence-corrected chi connectivity index (χ0v) is 9.76. The summed E-state index contributed by atoms with van der Waals surface area (Å²) in [7, 11) is 0. The van der Waals surface area contributed by atoms with E-state index in [1.54, 1.807) is 0 Å². The molecule has 1 aromatic heterocycles. The number of carbonyl (C=O) groups is 2. The van der Waals surface area contributed by atoms with Gasteiger partial charge in [-0.1, -0.05) is 0 Å². The van der Waals surface area contributed by atoms with Gasteiger partial charge in [-0.2, -0.15) is 0 Å². The molecule has 0 unspecified atom stereocenters. The largest absolute Gasteiger partial charge is 0.481 e. The first-order valence-electron chi connectivity index (χ1n) is 5.78. The second kappa shape index (κ2) is 7.49. The van der Waals surface area contributed by atoms with Gasteiger partial charge in [-0.25, -0.2) is 0 Å². The normalized spacial score (nSPS) is 10.1. The summed E-state index contributed by atoms with van der Waals surface area (Å²) in [5, 5.41) is 11.2. The van der Waals surface area contributed by atoms with E-state index in [2.05, 4.69) is 5.32 Å². The molecule has 0 radical (unpaired) electrons. The Kier molecular flexibility index (Phi) is 5.85. The van der Waals surface area contributed by atoms with Crippen molar-refractivity contribution in [1.82, 2.24) is 9.88 Å². The molecule has 1 rings (SSSR count). The van der Waals surface area contributed by atoms with Crippen LogP contribution < -0.4 is 5.32 Å². The number of carboxylic acids is 1. The molecule has 0 aliphatic heterocycles. The molecule has 0 spiro atoms. The number of aliphatic carboxylic acids is 1. The SMILES string of the molecule is O=C(O)CCCCC(=O)NCCn1cccc1. The van der Waals surface area contributed by atoms with Gasteiger partial charge in [0.1, 0.15) is 0 Å². The van der Waals surface area contributed by atoms with Crippen molar-refractivity contribution in [2.75, 3.05) is 6.54 Å². The summed E-state index contributed by atoms with van der Waals surface area (Å²) in [5.74, 6) is -0.819. The summed E-state index contributed by atoms with van der Waals surface area (Å²) in [6.07, 6.45) is 5.61. The molecule has 0 aromatic carbocycles. The smallest absolute Gasteiger partial charge is 0.303 e. The molecule has 5 heteroatoms. The minimum absolute atomic E-state index is 0.0115. The number of hydrogen-bond donors (Lipinski definition) is 2. The molecule has 1 aromatic rings. The first-order valence-corrected chi connectivity index (χ1v) is 5.78. The fourth-order valence-electron chi connectivity index (χ4n) is 1.49. The quantitative estimate of drug-likeness (QED) is 0.669. The highest BCUT2D eigenvalue weighted by Gasteiger charge is 2.02. The van der Waals surface area contributed by atoms with Gasteiger partial charge in [0.2, 0.25) is 5.91 Å². The molecule has 2 N–H and O–H groups in total. The lowest BCUT2D eigenvalue weighted by Gasteiger charge is -2.05. The predicted octanol–water partition coefficient (Wildman–Crippen LogP) is 1.25. The molecular weight excluding hydrogens is 220 g/mol. The van der Waals surface area contributed by atoms with Gasteiger partial charge < -0.3 is 15.0 Å². The van der Waals surface area contributed by atoms with Gasteiger partial charge in [0.05, 0.1) is 0 Å². The lowest BCUT2D eigenvalue weighted by molar-refractivity contribution is -0.137. The van der Waals surface area contributed by atoms with E-state index in [1.165, 1.54) is 0 Å². The average molecular weight is 238 g/mol. The Bertz CT molecular complexity index is 347. The van der Waals surface area contributed by atoms with Gasteiger partial charge in [0.15, 0.2) is 0 Å². The lowest BCUT2D eigenvalue weighted by Crippen LogP contribution is -2.26. The highest BCUT2D eigenvalue weighted by Crippen LogP contribution is 1.99. The predicted molar refractivity (Wildman–Crippen MR) is 63.5 cm³/mol. The summed E-state index contributed by atoms with van der Waals surface area (Å²) >= 11 is 0. The van der Waals surface area contributed by atoms with Crippen LogP contribution in [0.3, 0.4) is 0 Å². The minimum Gasteiger partial charge on any atom is -0.481 e. The summed E-state index contributed by atoms with van der Waals surface area (Å²) in [5.41, 5.74) is 0. The Labute approximate surface area is 100 Å². The van der Waals surface area contributed by atoms with E-state index in [9.17, 15) is 9.59 Å². The first-order chi connectivity index (χ1) is 8.18. The maximum absolute atomic E-state index is 11.3. The number of carbonyl (C=O) groups excluding carboxylic acids is 1. The Morgan fingerprint density at radius 1 is 1.12 bits per heavy atom. The molecule has 0 bridgehead atoms. The van der Waals surface area contributed by atoms with Crippen LogP contribution in [0.1, 0.15) is 25.7 Å². The molecule has 0 fully saturated rings. The van der Waals surface area contributed by atoms with Crippen LogP contribution in [0.4, 0.5) is 0 Å². The average Bonchev–Trinajstić information content (AvgIpc) is 2.77. The van der Waals surface area contributed by atoms with Crippen molar-refractivity contribution in [3.63, 3.8) is 0 Å². The van der Waals surface area contributed by atoms with E-state index in [4.69, 9.17) is 5.11 Å². The molecule has 94 valence electrons. The van der Waals surface area contributed by atoms with Crippen molar-refractivity contribution >= 4 is 11.9 Å². The molecule has 0 saturated heterocycles. The Morgan fingerprint density at radius 3 is 2.41 bits per heavy atom. The Morgan fingerprint density at radius 2 is 1.76 bits per heavy atom. The second-order valence-corrected chi connectivity index (χ2v) is 3.87. The Balaban J connectivity index is 1.99. The van der Waals surface area contributed by atoms with E-state index in [1.807, 2.05) is 29.1 Å². The number of amides is 1. The van der Waals surface area contributed by atoms with E-state index in [0.717, 1.165) is 6.54 Å². The molecule has 0 atom stereocenters. The number of aromatic nitrogens is 1. The molecule has 1 amide bonds. The van der Waals surface area contributed by atoms with Crippen LogP contribution in [0.25, 0.3) is 0 Å². The zero-order valence-electron chi connectivity index (χ0n) is 9.76. The van der Waals surface area contributed by atoms with Crippen molar-refractivity contribution in [2.45, 2.75) is 32.2 Å². The van der Waals surface area contributed by atoms with Crippen molar-refractivity contribution < 1.29 is 14.7 Å². The monoisotopic (exact) mass is 238 g/mol.